The summed E-state index contributed by atoms with van der Waals surface area (Å²) in [6, 6.07) is 12.4. The van der Waals surface area contributed by atoms with Gasteiger partial charge in [0.2, 0.25) is 0 Å². The second kappa shape index (κ2) is 6.93. The second-order valence-corrected chi connectivity index (χ2v) is 7.48. The zero-order chi connectivity index (χ0) is 14.7. The molecular formula is C19H30N2. The minimum atomic E-state index is 0.677. The van der Waals surface area contributed by atoms with E-state index in [-0.39, 0.29) is 0 Å². The van der Waals surface area contributed by atoms with Gasteiger partial charge in [-0.25, -0.2) is 0 Å². The van der Waals surface area contributed by atoms with E-state index >= 15 is 0 Å². The second-order valence-electron chi connectivity index (χ2n) is 7.48. The molecule has 2 heteroatoms. The lowest BCUT2D eigenvalue weighted by Crippen LogP contribution is -2.57. The Balaban J connectivity index is 1.61. The van der Waals surface area contributed by atoms with Gasteiger partial charge >= 0.3 is 0 Å². The summed E-state index contributed by atoms with van der Waals surface area (Å²) in [5.74, 6) is 1.78. The molecule has 1 aliphatic heterocycles. The molecule has 1 aromatic rings. The van der Waals surface area contributed by atoms with E-state index in [9.17, 15) is 0 Å². The fraction of sp³-hybridized carbons (Fsp3) is 0.684. The van der Waals surface area contributed by atoms with Crippen LogP contribution in [-0.2, 0) is 6.42 Å². The third kappa shape index (κ3) is 4.55. The van der Waals surface area contributed by atoms with Gasteiger partial charge in [-0.1, -0.05) is 44.2 Å². The number of nitrogens with one attached hydrogen (secondary N) is 1. The van der Waals surface area contributed by atoms with Crippen molar-refractivity contribution in [3.8, 4) is 0 Å². The largest absolute Gasteiger partial charge is 0.311 e. The maximum Gasteiger partial charge on any atom is 0.0261 e. The average Bonchev–Trinajstić information content (AvgIpc) is 3.26. The summed E-state index contributed by atoms with van der Waals surface area (Å²) in [5.41, 5.74) is 1.48. The van der Waals surface area contributed by atoms with Crippen LogP contribution in [0.15, 0.2) is 30.3 Å². The normalized spacial score (nSPS) is 27.2. The van der Waals surface area contributed by atoms with Crippen LogP contribution in [0.25, 0.3) is 0 Å². The summed E-state index contributed by atoms with van der Waals surface area (Å²) in [7, 11) is 0. The number of nitrogens with zero attached hydrogens (tertiary/aromatic N) is 1. The van der Waals surface area contributed by atoms with E-state index in [0.29, 0.717) is 12.1 Å². The van der Waals surface area contributed by atoms with Crippen LogP contribution in [-0.4, -0.2) is 36.6 Å². The first-order valence-electron chi connectivity index (χ1n) is 8.72. The molecule has 2 atom stereocenters. The highest BCUT2D eigenvalue weighted by Crippen LogP contribution is 2.31. The Morgan fingerprint density at radius 3 is 2.62 bits per heavy atom. The van der Waals surface area contributed by atoms with E-state index in [1.165, 1.54) is 44.3 Å². The highest BCUT2D eigenvalue weighted by molar-refractivity contribution is 5.16. The quantitative estimate of drug-likeness (QED) is 0.863. The molecule has 1 aromatic carbocycles. The van der Waals surface area contributed by atoms with Gasteiger partial charge < -0.3 is 5.32 Å². The highest BCUT2D eigenvalue weighted by atomic mass is 15.2. The molecule has 0 spiro atoms. The first kappa shape index (κ1) is 15.1. The maximum atomic E-state index is 3.80. The van der Waals surface area contributed by atoms with E-state index in [0.717, 1.165) is 18.4 Å². The maximum absolute atomic E-state index is 3.80. The Morgan fingerprint density at radius 1 is 1.19 bits per heavy atom. The lowest BCUT2D eigenvalue weighted by atomic mass is 9.96. The number of rotatable bonds is 6. The van der Waals surface area contributed by atoms with Crippen molar-refractivity contribution in [1.29, 1.82) is 0 Å². The molecule has 2 aliphatic rings. The zero-order valence-corrected chi connectivity index (χ0v) is 13.6. The minimum Gasteiger partial charge on any atom is -0.311 e. The first-order valence-corrected chi connectivity index (χ1v) is 8.72. The lowest BCUT2D eigenvalue weighted by Gasteiger charge is -2.41. The van der Waals surface area contributed by atoms with Crippen LogP contribution in [0.5, 0.6) is 0 Å². The molecule has 21 heavy (non-hydrogen) atoms. The number of piperazine rings is 1. The molecule has 0 amide bonds. The molecule has 0 bridgehead atoms. The van der Waals surface area contributed by atoms with E-state index in [1.807, 2.05) is 0 Å². The molecule has 1 saturated heterocycles. The molecule has 1 N–H and O–H groups in total. The molecule has 2 nitrogen and oxygen atoms in total. The van der Waals surface area contributed by atoms with E-state index < -0.39 is 0 Å². The molecule has 0 radical (unpaired) electrons. The van der Waals surface area contributed by atoms with Crippen molar-refractivity contribution >= 4 is 0 Å². The van der Waals surface area contributed by atoms with Crippen molar-refractivity contribution in [3.05, 3.63) is 35.9 Å². The summed E-state index contributed by atoms with van der Waals surface area (Å²) in [6.45, 7) is 8.39. The van der Waals surface area contributed by atoms with Gasteiger partial charge in [0.25, 0.3) is 0 Å². The summed E-state index contributed by atoms with van der Waals surface area (Å²) >= 11 is 0. The van der Waals surface area contributed by atoms with Crippen LogP contribution >= 0.6 is 0 Å². The lowest BCUT2D eigenvalue weighted by molar-refractivity contribution is 0.116. The van der Waals surface area contributed by atoms with Gasteiger partial charge in [0.05, 0.1) is 0 Å². The molecule has 1 heterocycles. The molecule has 1 aliphatic carbocycles. The molecule has 0 aromatic heterocycles. The fourth-order valence-corrected chi connectivity index (χ4v) is 3.60. The fourth-order valence-electron chi connectivity index (χ4n) is 3.60. The van der Waals surface area contributed by atoms with Crippen LogP contribution in [0.4, 0.5) is 0 Å². The van der Waals surface area contributed by atoms with Crippen LogP contribution in [0.2, 0.25) is 0 Å². The summed E-state index contributed by atoms with van der Waals surface area (Å²) in [5, 5.41) is 3.80. The average molecular weight is 286 g/mol. The topological polar surface area (TPSA) is 15.3 Å². The van der Waals surface area contributed by atoms with E-state index in [1.54, 1.807) is 0 Å². The molecule has 3 rings (SSSR count). The third-order valence-electron chi connectivity index (χ3n) is 4.87. The Morgan fingerprint density at radius 2 is 1.95 bits per heavy atom. The van der Waals surface area contributed by atoms with Crippen molar-refractivity contribution in [2.24, 2.45) is 11.8 Å². The predicted molar refractivity (Wildman–Crippen MR) is 89.5 cm³/mol. The monoisotopic (exact) mass is 286 g/mol. The number of benzene rings is 1. The highest BCUT2D eigenvalue weighted by Gasteiger charge is 2.32. The summed E-state index contributed by atoms with van der Waals surface area (Å²) in [4.78, 5) is 2.79. The van der Waals surface area contributed by atoms with Crippen molar-refractivity contribution in [2.75, 3.05) is 19.6 Å². The van der Waals surface area contributed by atoms with Crippen LogP contribution in [0, 0.1) is 11.8 Å². The Hall–Kier alpha value is -0.860. The Bertz CT molecular complexity index is 424. The van der Waals surface area contributed by atoms with Gasteiger partial charge in [0.1, 0.15) is 0 Å². The molecule has 116 valence electrons. The number of hydrogen-bond donors (Lipinski definition) is 1. The van der Waals surface area contributed by atoms with Gasteiger partial charge in [-0.15, -0.1) is 0 Å². The molecule has 2 fully saturated rings. The number of hydrogen-bond acceptors (Lipinski definition) is 2. The van der Waals surface area contributed by atoms with Gasteiger partial charge in [-0.05, 0) is 43.1 Å². The first-order chi connectivity index (χ1) is 10.2. The Labute approximate surface area is 129 Å². The standard InChI is InChI=1S/C19H30N2/c1-15(2)10-18-14-21(13-17-8-9-17)19(12-20-18)11-16-6-4-3-5-7-16/h3-7,15,17-20H,8-14H2,1-2H3. The zero-order valence-electron chi connectivity index (χ0n) is 13.6. The SMILES string of the molecule is CC(C)CC1CN(CC2CC2)C(Cc2ccccc2)CN1. The van der Waals surface area contributed by atoms with E-state index in [2.05, 4.69) is 54.4 Å². The Kier molecular flexibility index (Phi) is 4.97. The third-order valence-corrected chi connectivity index (χ3v) is 4.87. The van der Waals surface area contributed by atoms with Crippen LogP contribution in [0.1, 0.15) is 38.7 Å². The van der Waals surface area contributed by atoms with Crippen LogP contribution in [0.3, 0.4) is 0 Å². The molecule has 2 unspecified atom stereocenters. The minimum absolute atomic E-state index is 0.677. The van der Waals surface area contributed by atoms with E-state index in [4.69, 9.17) is 0 Å². The summed E-state index contributed by atoms with van der Waals surface area (Å²) in [6.07, 6.45) is 5.40. The van der Waals surface area contributed by atoms with Crippen molar-refractivity contribution < 1.29 is 0 Å². The van der Waals surface area contributed by atoms with Gasteiger partial charge in [0.15, 0.2) is 0 Å². The van der Waals surface area contributed by atoms with Crippen molar-refractivity contribution in [1.82, 2.24) is 10.2 Å². The smallest absolute Gasteiger partial charge is 0.0261 e. The van der Waals surface area contributed by atoms with Gasteiger partial charge in [0, 0.05) is 31.7 Å². The van der Waals surface area contributed by atoms with Crippen molar-refractivity contribution in [2.45, 2.75) is 51.6 Å². The van der Waals surface area contributed by atoms with Crippen molar-refractivity contribution in [3.63, 3.8) is 0 Å². The predicted octanol–water partition coefficient (Wildman–Crippen LogP) is 3.33. The molecule has 1 saturated carbocycles. The van der Waals surface area contributed by atoms with Gasteiger partial charge in [-0.3, -0.25) is 4.90 Å². The van der Waals surface area contributed by atoms with Crippen LogP contribution < -0.4 is 5.32 Å². The summed E-state index contributed by atoms with van der Waals surface area (Å²) < 4.78 is 0. The molecular weight excluding hydrogens is 256 g/mol. The van der Waals surface area contributed by atoms with Gasteiger partial charge in [-0.2, -0.15) is 0 Å².